The lowest BCUT2D eigenvalue weighted by Gasteiger charge is -2.41. The monoisotopic (exact) mass is 407 g/mol. The van der Waals surface area contributed by atoms with Gasteiger partial charge in [0.05, 0.1) is 11.8 Å². The van der Waals surface area contributed by atoms with Crippen LogP contribution in [0.4, 0.5) is 0 Å². The van der Waals surface area contributed by atoms with Gasteiger partial charge in [0, 0.05) is 43.6 Å². The third-order valence-electron chi connectivity index (χ3n) is 5.10. The highest BCUT2D eigenvalue weighted by Gasteiger charge is 2.31. The van der Waals surface area contributed by atoms with Crippen LogP contribution in [0.1, 0.15) is 30.3 Å². The topological polar surface area (TPSA) is 52.7 Å². The van der Waals surface area contributed by atoms with Gasteiger partial charge in [-0.25, -0.2) is 13.1 Å². The third-order valence-corrected chi connectivity index (χ3v) is 7.54. The average Bonchev–Trinajstić information content (AvgIpc) is 3.18. The van der Waals surface area contributed by atoms with Gasteiger partial charge in [0.25, 0.3) is 0 Å². The molecule has 2 atom stereocenters. The van der Waals surface area contributed by atoms with Crippen LogP contribution in [0.25, 0.3) is 0 Å². The van der Waals surface area contributed by atoms with Gasteiger partial charge in [0.1, 0.15) is 0 Å². The summed E-state index contributed by atoms with van der Waals surface area (Å²) in [5.41, 5.74) is 1.34. The molecule has 2 aromatic rings. The molecule has 5 nitrogen and oxygen atoms in total. The molecule has 1 aliphatic rings. The fourth-order valence-corrected chi connectivity index (χ4v) is 5.50. The third kappa shape index (κ3) is 5.62. The zero-order valence-corrected chi connectivity index (χ0v) is 17.7. The molecule has 1 aromatic carbocycles. The van der Waals surface area contributed by atoms with E-state index in [4.69, 9.17) is 0 Å². The van der Waals surface area contributed by atoms with E-state index in [1.165, 1.54) is 10.4 Å². The molecule has 1 aliphatic heterocycles. The Morgan fingerprint density at radius 1 is 1.07 bits per heavy atom. The van der Waals surface area contributed by atoms with Gasteiger partial charge in [0.2, 0.25) is 10.0 Å². The number of sulfonamides is 1. The molecule has 27 heavy (non-hydrogen) atoms. The van der Waals surface area contributed by atoms with Gasteiger partial charge in [-0.3, -0.25) is 9.80 Å². The van der Waals surface area contributed by atoms with E-state index in [0.717, 1.165) is 32.7 Å². The number of nitrogens with one attached hydrogen (secondary N) is 1. The van der Waals surface area contributed by atoms with Gasteiger partial charge in [-0.2, -0.15) is 0 Å². The molecule has 0 unspecified atom stereocenters. The largest absolute Gasteiger partial charge is 0.297 e. The van der Waals surface area contributed by atoms with E-state index in [0.29, 0.717) is 0 Å². The van der Waals surface area contributed by atoms with Crippen molar-refractivity contribution in [1.29, 1.82) is 0 Å². The minimum absolute atomic E-state index is 0.0743. The second kappa shape index (κ2) is 9.30. The Kier molecular flexibility index (Phi) is 7.05. The van der Waals surface area contributed by atoms with Crippen LogP contribution < -0.4 is 4.72 Å². The Labute approximate surface area is 167 Å². The first kappa shape index (κ1) is 20.5. The fourth-order valence-electron chi connectivity index (χ4n) is 3.67. The molecule has 1 fully saturated rings. The predicted octanol–water partition coefficient (Wildman–Crippen LogP) is 2.93. The number of hydrogen-bond donors (Lipinski definition) is 1. The number of benzene rings is 1. The van der Waals surface area contributed by atoms with Crippen LogP contribution in [0.3, 0.4) is 0 Å². The number of rotatable bonds is 8. The van der Waals surface area contributed by atoms with E-state index in [9.17, 15) is 8.42 Å². The first-order valence-electron chi connectivity index (χ1n) is 9.52. The molecule has 7 heteroatoms. The van der Waals surface area contributed by atoms with Gasteiger partial charge in [-0.15, -0.1) is 11.3 Å². The van der Waals surface area contributed by atoms with E-state index in [-0.39, 0.29) is 17.8 Å². The van der Waals surface area contributed by atoms with Crippen molar-refractivity contribution in [2.24, 2.45) is 0 Å². The van der Waals surface area contributed by atoms with Crippen LogP contribution in [0.5, 0.6) is 0 Å². The second-order valence-corrected chi connectivity index (χ2v) is 10.1. The van der Waals surface area contributed by atoms with Gasteiger partial charge in [-0.05, 0) is 30.9 Å². The first-order valence-corrected chi connectivity index (χ1v) is 12.1. The highest BCUT2D eigenvalue weighted by Crippen LogP contribution is 2.29. The molecule has 0 amide bonds. The van der Waals surface area contributed by atoms with Crippen LogP contribution in [0.15, 0.2) is 47.8 Å². The fraction of sp³-hybridized carbons (Fsp3) is 0.500. The summed E-state index contributed by atoms with van der Waals surface area (Å²) >= 11 is 1.70. The minimum Gasteiger partial charge on any atom is -0.297 e. The molecule has 2 heterocycles. The second-order valence-electron chi connectivity index (χ2n) is 7.07. The Bertz CT molecular complexity index is 786. The van der Waals surface area contributed by atoms with E-state index >= 15 is 0 Å². The zero-order valence-electron chi connectivity index (χ0n) is 16.0. The summed E-state index contributed by atoms with van der Waals surface area (Å²) in [7, 11) is -3.23. The molecular weight excluding hydrogens is 378 g/mol. The van der Waals surface area contributed by atoms with Crippen molar-refractivity contribution < 1.29 is 8.42 Å². The first-order chi connectivity index (χ1) is 13.0. The smallest absolute Gasteiger partial charge is 0.211 e. The van der Waals surface area contributed by atoms with Crippen LogP contribution in [0, 0.1) is 0 Å². The summed E-state index contributed by atoms with van der Waals surface area (Å²) in [5, 5.41) is 2.06. The van der Waals surface area contributed by atoms with E-state index < -0.39 is 10.0 Å². The molecule has 0 saturated carbocycles. The summed E-state index contributed by atoms with van der Waals surface area (Å²) in [6.45, 7) is 8.48. The lowest BCUT2D eigenvalue weighted by atomic mass is 10.1. The zero-order chi connectivity index (χ0) is 19.3. The maximum absolute atomic E-state index is 12.1. The summed E-state index contributed by atoms with van der Waals surface area (Å²) in [6, 6.07) is 14.6. The SMILES string of the molecule is CCS(=O)(=O)N[C@H](C)[C@H](c1cccs1)N1CCN(Cc2ccccc2)CC1. The van der Waals surface area contributed by atoms with E-state index in [1.54, 1.807) is 18.3 Å². The van der Waals surface area contributed by atoms with E-state index in [2.05, 4.69) is 50.2 Å². The molecule has 3 rings (SSSR count). The molecule has 1 aromatic heterocycles. The molecule has 148 valence electrons. The molecule has 0 radical (unpaired) electrons. The normalized spacial score (nSPS) is 19.0. The molecule has 1 N–H and O–H groups in total. The van der Waals surface area contributed by atoms with Gasteiger partial charge >= 0.3 is 0 Å². The summed E-state index contributed by atoms with van der Waals surface area (Å²) in [4.78, 5) is 6.12. The summed E-state index contributed by atoms with van der Waals surface area (Å²) < 4.78 is 27.0. The van der Waals surface area contributed by atoms with Crippen molar-refractivity contribution in [3.05, 3.63) is 58.3 Å². The van der Waals surface area contributed by atoms with Crippen LogP contribution in [-0.2, 0) is 16.6 Å². The quantitative estimate of drug-likeness (QED) is 0.731. The van der Waals surface area contributed by atoms with Crippen LogP contribution >= 0.6 is 11.3 Å². The van der Waals surface area contributed by atoms with Crippen LogP contribution in [0.2, 0.25) is 0 Å². The maximum atomic E-state index is 12.1. The van der Waals surface area contributed by atoms with Crippen molar-refractivity contribution in [2.75, 3.05) is 31.9 Å². The van der Waals surface area contributed by atoms with Crippen molar-refractivity contribution in [1.82, 2.24) is 14.5 Å². The Balaban J connectivity index is 1.66. The molecule has 0 spiro atoms. The van der Waals surface area contributed by atoms with Crippen molar-refractivity contribution in [3.63, 3.8) is 0 Å². The number of piperazine rings is 1. The highest BCUT2D eigenvalue weighted by atomic mass is 32.2. The minimum atomic E-state index is -3.23. The number of thiophene rings is 1. The molecule has 1 saturated heterocycles. The standard InChI is InChI=1S/C20H29N3O2S2/c1-3-27(24,25)21-17(2)20(19-10-7-15-26-19)23-13-11-22(12-14-23)16-18-8-5-4-6-9-18/h4-10,15,17,20-21H,3,11-14,16H2,1-2H3/t17-,20-/m1/s1. The van der Waals surface area contributed by atoms with Gasteiger partial charge < -0.3 is 0 Å². The summed E-state index contributed by atoms with van der Waals surface area (Å²) in [5.74, 6) is 0.110. The van der Waals surface area contributed by atoms with Gasteiger partial charge in [0.15, 0.2) is 0 Å². The Hall–Kier alpha value is -1.25. The lowest BCUT2D eigenvalue weighted by Crippen LogP contribution is -2.52. The van der Waals surface area contributed by atoms with Crippen LogP contribution in [-0.4, -0.2) is 56.2 Å². The number of nitrogens with zero attached hydrogens (tertiary/aromatic N) is 2. The molecular formula is C20H29N3O2S2. The van der Waals surface area contributed by atoms with Crippen molar-refractivity contribution >= 4 is 21.4 Å². The average molecular weight is 408 g/mol. The van der Waals surface area contributed by atoms with Gasteiger partial charge in [-0.1, -0.05) is 36.4 Å². The number of hydrogen-bond acceptors (Lipinski definition) is 5. The lowest BCUT2D eigenvalue weighted by molar-refractivity contribution is 0.0819. The van der Waals surface area contributed by atoms with Crippen molar-refractivity contribution in [3.8, 4) is 0 Å². The van der Waals surface area contributed by atoms with E-state index in [1.807, 2.05) is 19.1 Å². The molecule has 0 bridgehead atoms. The highest BCUT2D eigenvalue weighted by molar-refractivity contribution is 7.89. The maximum Gasteiger partial charge on any atom is 0.211 e. The Morgan fingerprint density at radius 3 is 2.37 bits per heavy atom. The van der Waals surface area contributed by atoms with Crippen molar-refractivity contribution in [2.45, 2.75) is 32.5 Å². The summed E-state index contributed by atoms with van der Waals surface area (Å²) in [6.07, 6.45) is 0. The predicted molar refractivity (Wildman–Crippen MR) is 112 cm³/mol. The Morgan fingerprint density at radius 2 is 1.78 bits per heavy atom. The molecule has 0 aliphatic carbocycles.